The van der Waals surface area contributed by atoms with E-state index in [9.17, 15) is 0 Å². The van der Waals surface area contributed by atoms with Crippen LogP contribution >= 0.6 is 0 Å². The zero-order chi connectivity index (χ0) is 8.15. The Balaban J connectivity index is 0. The minimum Gasteiger partial charge on any atom is -0.350 e. The molecule has 0 unspecified atom stereocenters. The van der Waals surface area contributed by atoms with Crippen molar-refractivity contribution in [2.24, 2.45) is 0 Å². The van der Waals surface area contributed by atoms with Gasteiger partial charge in [-0.2, -0.15) is 0 Å². The fourth-order valence-electron chi connectivity index (χ4n) is 0.799. The normalized spacial score (nSPS) is 10.9. The Bertz CT molecular complexity index is 74.2. The van der Waals surface area contributed by atoms with Crippen LogP contribution < -0.4 is 0 Å². The second-order valence-corrected chi connectivity index (χ2v) is 2.94. The molecule has 0 radical (unpaired) electrons. The molecule has 68 valence electrons. The lowest BCUT2D eigenvalue weighted by Crippen LogP contribution is -2.21. The summed E-state index contributed by atoms with van der Waals surface area (Å²) in [5.41, 5.74) is 0. The Labute approximate surface area is 80.4 Å². The SMILES string of the molecule is CC(C)OC(C)OC(C)C.[AlH3]. The molecule has 2 nitrogen and oxygen atoms in total. The number of ether oxygens (including phenoxy) is 2. The Kier molecular flexibility index (Phi) is 9.06. The van der Waals surface area contributed by atoms with Gasteiger partial charge in [0.15, 0.2) is 23.7 Å². The molecule has 0 aromatic heterocycles. The standard InChI is InChI=1S/C8H18O2.Al.3H/c1-6(2)9-8(5)10-7(3)4;;;;/h6-8H,1-5H3;;;;. The molecule has 0 aliphatic carbocycles. The Morgan fingerprint density at radius 3 is 1.18 bits per heavy atom. The summed E-state index contributed by atoms with van der Waals surface area (Å²) < 4.78 is 10.7. The maximum Gasteiger partial charge on any atom is 0.187 e. The van der Waals surface area contributed by atoms with Gasteiger partial charge in [-0.25, -0.2) is 0 Å². The highest BCUT2D eigenvalue weighted by Gasteiger charge is 2.05. The first-order valence-corrected chi connectivity index (χ1v) is 3.83. The lowest BCUT2D eigenvalue weighted by atomic mass is 10.4. The summed E-state index contributed by atoms with van der Waals surface area (Å²) >= 11 is 0. The van der Waals surface area contributed by atoms with Gasteiger partial charge in [0, 0.05) is 0 Å². The van der Waals surface area contributed by atoms with Gasteiger partial charge in [-0.05, 0) is 34.6 Å². The van der Waals surface area contributed by atoms with Gasteiger partial charge in [-0.3, -0.25) is 0 Å². The molecule has 0 spiro atoms. The first-order valence-electron chi connectivity index (χ1n) is 3.83. The monoisotopic (exact) mass is 176 g/mol. The van der Waals surface area contributed by atoms with Crippen molar-refractivity contribution in [3.8, 4) is 0 Å². The predicted octanol–water partition coefficient (Wildman–Crippen LogP) is 0.998. The average molecular weight is 176 g/mol. The molecule has 0 aromatic carbocycles. The summed E-state index contributed by atoms with van der Waals surface area (Å²) in [6.07, 6.45) is 0.405. The highest BCUT2D eigenvalue weighted by molar-refractivity contribution is 5.75. The van der Waals surface area contributed by atoms with E-state index in [0.29, 0.717) is 0 Å². The topological polar surface area (TPSA) is 18.5 Å². The van der Waals surface area contributed by atoms with Crippen molar-refractivity contribution in [3.05, 3.63) is 0 Å². The molecule has 0 aliphatic rings. The maximum atomic E-state index is 5.34. The molecule has 0 amide bonds. The van der Waals surface area contributed by atoms with Crippen LogP contribution in [0.2, 0.25) is 0 Å². The predicted molar refractivity (Wildman–Crippen MR) is 51.8 cm³/mol. The Morgan fingerprint density at radius 1 is 0.727 bits per heavy atom. The van der Waals surface area contributed by atoms with Crippen LogP contribution in [0.4, 0.5) is 0 Å². The van der Waals surface area contributed by atoms with Crippen LogP contribution in [0.5, 0.6) is 0 Å². The van der Waals surface area contributed by atoms with E-state index in [1.54, 1.807) is 0 Å². The summed E-state index contributed by atoms with van der Waals surface area (Å²) in [7, 11) is 0. The second kappa shape index (κ2) is 7.12. The number of hydrogen-bond acceptors (Lipinski definition) is 2. The van der Waals surface area contributed by atoms with E-state index < -0.39 is 0 Å². The van der Waals surface area contributed by atoms with E-state index in [-0.39, 0.29) is 35.9 Å². The van der Waals surface area contributed by atoms with Crippen molar-refractivity contribution < 1.29 is 9.47 Å². The third-order valence-corrected chi connectivity index (χ3v) is 0.928. The molecule has 0 bridgehead atoms. The van der Waals surface area contributed by atoms with Gasteiger partial charge in [-0.15, -0.1) is 0 Å². The summed E-state index contributed by atoms with van der Waals surface area (Å²) in [6.45, 7) is 9.92. The third-order valence-electron chi connectivity index (χ3n) is 0.928. The molecule has 11 heavy (non-hydrogen) atoms. The van der Waals surface area contributed by atoms with E-state index in [1.807, 2.05) is 34.6 Å². The second-order valence-electron chi connectivity index (χ2n) is 2.94. The minimum atomic E-state index is -0.0833. The summed E-state index contributed by atoms with van der Waals surface area (Å²) in [5.74, 6) is 0. The largest absolute Gasteiger partial charge is 0.350 e. The lowest BCUT2D eigenvalue weighted by Gasteiger charge is -2.18. The molecule has 0 saturated carbocycles. The number of hydrogen-bond donors (Lipinski definition) is 0. The van der Waals surface area contributed by atoms with Gasteiger partial charge in [0.2, 0.25) is 0 Å². The van der Waals surface area contributed by atoms with Crippen LogP contribution in [-0.4, -0.2) is 35.9 Å². The van der Waals surface area contributed by atoms with Gasteiger partial charge < -0.3 is 9.47 Å². The number of rotatable bonds is 4. The van der Waals surface area contributed by atoms with Gasteiger partial charge in [0.1, 0.15) is 0 Å². The average Bonchev–Trinajstić information content (AvgIpc) is 1.58. The van der Waals surface area contributed by atoms with Crippen LogP contribution in [0.25, 0.3) is 0 Å². The quantitative estimate of drug-likeness (QED) is 0.470. The summed E-state index contributed by atoms with van der Waals surface area (Å²) in [4.78, 5) is 0. The summed E-state index contributed by atoms with van der Waals surface area (Å²) in [6, 6.07) is 0. The van der Waals surface area contributed by atoms with E-state index in [1.165, 1.54) is 0 Å². The zero-order valence-corrected chi connectivity index (χ0v) is 7.55. The molecule has 0 N–H and O–H groups in total. The van der Waals surface area contributed by atoms with Crippen molar-refractivity contribution in [1.29, 1.82) is 0 Å². The van der Waals surface area contributed by atoms with Crippen molar-refractivity contribution >= 4 is 17.4 Å². The first-order chi connectivity index (χ1) is 4.52. The smallest absolute Gasteiger partial charge is 0.187 e. The molecule has 0 fully saturated rings. The summed E-state index contributed by atoms with van der Waals surface area (Å²) in [5, 5.41) is 0. The van der Waals surface area contributed by atoms with Crippen molar-refractivity contribution in [2.45, 2.75) is 53.1 Å². The Morgan fingerprint density at radius 2 is 1.00 bits per heavy atom. The molecule has 0 atom stereocenters. The van der Waals surface area contributed by atoms with Gasteiger partial charge in [0.05, 0.1) is 12.2 Å². The van der Waals surface area contributed by atoms with Crippen LogP contribution in [0, 0.1) is 0 Å². The fraction of sp³-hybridized carbons (Fsp3) is 1.00. The highest BCUT2D eigenvalue weighted by Crippen LogP contribution is 2.01. The maximum absolute atomic E-state index is 5.34. The molecule has 0 heterocycles. The van der Waals surface area contributed by atoms with Gasteiger partial charge >= 0.3 is 0 Å². The zero-order valence-electron chi connectivity index (χ0n) is 7.55. The highest BCUT2D eigenvalue weighted by atomic mass is 27.0. The van der Waals surface area contributed by atoms with E-state index in [0.717, 1.165) is 0 Å². The molecule has 0 aromatic rings. The van der Waals surface area contributed by atoms with Crippen LogP contribution in [0.15, 0.2) is 0 Å². The van der Waals surface area contributed by atoms with Crippen LogP contribution in [0.1, 0.15) is 34.6 Å². The molecule has 0 rings (SSSR count). The van der Waals surface area contributed by atoms with Crippen LogP contribution in [-0.2, 0) is 9.47 Å². The van der Waals surface area contributed by atoms with Gasteiger partial charge in [-0.1, -0.05) is 0 Å². The van der Waals surface area contributed by atoms with E-state index in [2.05, 4.69) is 0 Å². The van der Waals surface area contributed by atoms with Gasteiger partial charge in [0.25, 0.3) is 0 Å². The molecule has 3 heteroatoms. The molecule has 0 aliphatic heterocycles. The minimum absolute atomic E-state index is 0. The molecule has 0 saturated heterocycles. The van der Waals surface area contributed by atoms with Crippen molar-refractivity contribution in [2.75, 3.05) is 0 Å². The molecular weight excluding hydrogens is 155 g/mol. The fourth-order valence-corrected chi connectivity index (χ4v) is 0.799. The van der Waals surface area contributed by atoms with Crippen LogP contribution in [0.3, 0.4) is 0 Å². The molecular formula is C8H21AlO2. The van der Waals surface area contributed by atoms with Crippen molar-refractivity contribution in [3.63, 3.8) is 0 Å². The first kappa shape index (κ1) is 14.0. The lowest BCUT2D eigenvalue weighted by molar-refractivity contribution is -0.169. The Hall–Kier alpha value is 0.452. The van der Waals surface area contributed by atoms with Crippen molar-refractivity contribution in [1.82, 2.24) is 0 Å². The van der Waals surface area contributed by atoms with E-state index in [4.69, 9.17) is 9.47 Å². The van der Waals surface area contributed by atoms with E-state index >= 15 is 0 Å². The third kappa shape index (κ3) is 10.5.